The van der Waals surface area contributed by atoms with Crippen LogP contribution in [0.25, 0.3) is 0 Å². The van der Waals surface area contributed by atoms with Gasteiger partial charge in [-0.2, -0.15) is 13.2 Å². The van der Waals surface area contributed by atoms with Crippen LogP contribution in [0.15, 0.2) is 72.8 Å². The van der Waals surface area contributed by atoms with Crippen LogP contribution in [0.4, 0.5) is 28.9 Å². The Morgan fingerprint density at radius 3 is 2.41 bits per heavy atom. The summed E-state index contributed by atoms with van der Waals surface area (Å²) in [6.45, 7) is -0.653. The van der Waals surface area contributed by atoms with E-state index in [0.717, 1.165) is 29.2 Å². The summed E-state index contributed by atoms with van der Waals surface area (Å²) in [6, 6.07) is 15.4. The minimum atomic E-state index is -4.68. The van der Waals surface area contributed by atoms with Crippen LogP contribution in [-0.2, 0) is 21.4 Å². The number of alkyl halides is 3. The molecule has 9 heteroatoms. The first-order valence-corrected chi connectivity index (χ1v) is 9.48. The maximum absolute atomic E-state index is 13.8. The molecule has 0 radical (unpaired) electrons. The second-order valence-electron chi connectivity index (χ2n) is 7.22. The van der Waals surface area contributed by atoms with E-state index in [4.69, 9.17) is 0 Å². The van der Waals surface area contributed by atoms with Gasteiger partial charge in [-0.25, -0.2) is 4.39 Å². The summed E-state index contributed by atoms with van der Waals surface area (Å²) in [4.78, 5) is 26.8. The third-order valence-corrected chi connectivity index (χ3v) is 5.19. The van der Waals surface area contributed by atoms with E-state index in [-0.39, 0.29) is 16.8 Å². The van der Waals surface area contributed by atoms with Crippen molar-refractivity contribution in [2.75, 3.05) is 16.8 Å². The predicted molar refractivity (Wildman–Crippen MR) is 108 cm³/mol. The lowest BCUT2D eigenvalue weighted by Crippen LogP contribution is -2.44. The molecule has 1 heterocycles. The lowest BCUT2D eigenvalue weighted by atomic mass is 9.87. The van der Waals surface area contributed by atoms with Gasteiger partial charge in [-0.1, -0.05) is 42.5 Å². The lowest BCUT2D eigenvalue weighted by Gasteiger charge is -2.23. The molecule has 164 valence electrons. The molecule has 0 saturated heterocycles. The van der Waals surface area contributed by atoms with Crippen LogP contribution < -0.4 is 10.2 Å². The lowest BCUT2D eigenvalue weighted by molar-refractivity contribution is -0.137. The molecule has 0 aliphatic carbocycles. The summed E-state index contributed by atoms with van der Waals surface area (Å²) in [7, 11) is 0. The standard InChI is InChI=1S/C23H16F4N2O3/c24-15-7-5-6-14(12-15)22(32)17-9-2-4-11-19(17)29(21(22)31)13-20(30)28-18-10-3-1-8-16(18)23(25,26)27/h1-12,32H,13H2,(H,28,30)/t22-/m0/s1. The molecular formula is C23H16F4N2O3. The number of amides is 2. The van der Waals surface area contributed by atoms with Gasteiger partial charge in [0.15, 0.2) is 5.60 Å². The van der Waals surface area contributed by atoms with Gasteiger partial charge < -0.3 is 10.4 Å². The Labute approximate surface area is 179 Å². The molecule has 0 spiro atoms. The van der Waals surface area contributed by atoms with Gasteiger partial charge in [0.2, 0.25) is 5.91 Å². The Morgan fingerprint density at radius 2 is 1.69 bits per heavy atom. The number of aliphatic hydroxyl groups is 1. The minimum Gasteiger partial charge on any atom is -0.372 e. The Morgan fingerprint density at radius 1 is 1.00 bits per heavy atom. The van der Waals surface area contributed by atoms with Crippen LogP contribution in [0, 0.1) is 5.82 Å². The van der Waals surface area contributed by atoms with E-state index in [2.05, 4.69) is 5.32 Å². The summed E-state index contributed by atoms with van der Waals surface area (Å²) in [6.07, 6.45) is -4.68. The minimum absolute atomic E-state index is 0.0275. The number of fused-ring (bicyclic) bond motifs is 1. The fourth-order valence-electron chi connectivity index (χ4n) is 3.76. The average molecular weight is 444 g/mol. The number of benzene rings is 3. The second kappa shape index (κ2) is 7.76. The number of halogens is 4. The molecule has 2 N–H and O–H groups in total. The topological polar surface area (TPSA) is 69.6 Å². The van der Waals surface area contributed by atoms with Crippen LogP contribution >= 0.6 is 0 Å². The van der Waals surface area contributed by atoms with Gasteiger partial charge in [0.25, 0.3) is 5.91 Å². The van der Waals surface area contributed by atoms with Crippen LogP contribution in [0.2, 0.25) is 0 Å². The molecule has 3 aromatic carbocycles. The second-order valence-corrected chi connectivity index (χ2v) is 7.22. The van der Waals surface area contributed by atoms with E-state index in [0.29, 0.717) is 0 Å². The normalized spacial score (nSPS) is 17.9. The van der Waals surface area contributed by atoms with Crippen molar-refractivity contribution in [2.24, 2.45) is 0 Å². The molecule has 1 aliphatic heterocycles. The summed E-state index contributed by atoms with van der Waals surface area (Å²) < 4.78 is 53.4. The summed E-state index contributed by atoms with van der Waals surface area (Å²) >= 11 is 0. The predicted octanol–water partition coefficient (Wildman–Crippen LogP) is 4.07. The number of rotatable bonds is 4. The van der Waals surface area contributed by atoms with Gasteiger partial charge in [-0.3, -0.25) is 14.5 Å². The van der Waals surface area contributed by atoms with Crippen molar-refractivity contribution in [1.29, 1.82) is 0 Å². The molecule has 3 aromatic rings. The van der Waals surface area contributed by atoms with Gasteiger partial charge in [-0.05, 0) is 30.3 Å². The molecule has 0 aromatic heterocycles. The van der Waals surface area contributed by atoms with Crippen molar-refractivity contribution in [3.63, 3.8) is 0 Å². The monoisotopic (exact) mass is 444 g/mol. The summed E-state index contributed by atoms with van der Waals surface area (Å²) in [5, 5.41) is 13.5. The molecule has 1 atom stereocenters. The highest BCUT2D eigenvalue weighted by molar-refractivity contribution is 6.12. The molecule has 1 aliphatic rings. The zero-order valence-corrected chi connectivity index (χ0v) is 16.4. The van der Waals surface area contributed by atoms with Crippen LogP contribution in [0.1, 0.15) is 16.7 Å². The quantitative estimate of drug-likeness (QED) is 0.597. The number of anilines is 2. The zero-order valence-electron chi connectivity index (χ0n) is 16.4. The number of hydrogen-bond acceptors (Lipinski definition) is 3. The number of carbonyl (C=O) groups excluding carboxylic acids is 2. The summed E-state index contributed by atoms with van der Waals surface area (Å²) in [5.74, 6) is -2.47. The van der Waals surface area contributed by atoms with Gasteiger partial charge in [0, 0.05) is 11.1 Å². The molecule has 0 fully saturated rings. The van der Waals surface area contributed by atoms with Gasteiger partial charge in [-0.15, -0.1) is 0 Å². The van der Waals surface area contributed by atoms with E-state index in [1.165, 1.54) is 36.4 Å². The average Bonchev–Trinajstić information content (AvgIpc) is 2.96. The molecule has 0 unspecified atom stereocenters. The maximum Gasteiger partial charge on any atom is 0.418 e. The van der Waals surface area contributed by atoms with E-state index in [9.17, 15) is 32.3 Å². The number of nitrogens with zero attached hydrogens (tertiary/aromatic N) is 1. The Kier molecular flexibility index (Phi) is 5.21. The molecular weight excluding hydrogens is 428 g/mol. The fraction of sp³-hybridized carbons (Fsp3) is 0.130. The Balaban J connectivity index is 1.66. The van der Waals surface area contributed by atoms with Gasteiger partial charge in [0.1, 0.15) is 12.4 Å². The fourth-order valence-corrected chi connectivity index (χ4v) is 3.76. The molecule has 4 rings (SSSR count). The molecule has 0 bridgehead atoms. The smallest absolute Gasteiger partial charge is 0.372 e. The van der Waals surface area contributed by atoms with E-state index >= 15 is 0 Å². The number of carbonyl (C=O) groups is 2. The van der Waals surface area contributed by atoms with E-state index in [1.807, 2.05) is 0 Å². The third-order valence-electron chi connectivity index (χ3n) is 5.19. The van der Waals surface area contributed by atoms with Crippen LogP contribution in [0.5, 0.6) is 0 Å². The van der Waals surface area contributed by atoms with Crippen molar-refractivity contribution in [1.82, 2.24) is 0 Å². The third kappa shape index (κ3) is 3.60. The molecule has 5 nitrogen and oxygen atoms in total. The number of para-hydroxylation sites is 2. The Hall–Kier alpha value is -3.72. The van der Waals surface area contributed by atoms with Crippen molar-refractivity contribution in [3.05, 3.63) is 95.3 Å². The summed E-state index contributed by atoms with van der Waals surface area (Å²) in [5.41, 5.74) is -3.42. The Bertz CT molecular complexity index is 1210. The number of hydrogen-bond donors (Lipinski definition) is 2. The van der Waals surface area contributed by atoms with Crippen molar-refractivity contribution in [3.8, 4) is 0 Å². The highest BCUT2D eigenvalue weighted by Gasteiger charge is 2.51. The van der Waals surface area contributed by atoms with Crippen molar-refractivity contribution >= 4 is 23.2 Å². The molecule has 32 heavy (non-hydrogen) atoms. The van der Waals surface area contributed by atoms with Crippen molar-refractivity contribution < 1.29 is 32.3 Å². The highest BCUT2D eigenvalue weighted by Crippen LogP contribution is 2.44. The first kappa shape index (κ1) is 21.5. The maximum atomic E-state index is 13.8. The van der Waals surface area contributed by atoms with E-state index < -0.39 is 47.2 Å². The SMILES string of the molecule is O=C(CN1C(=O)[C@](O)(c2cccc(F)c2)c2ccccc21)Nc1ccccc1C(F)(F)F. The largest absolute Gasteiger partial charge is 0.418 e. The molecule has 2 amide bonds. The first-order chi connectivity index (χ1) is 15.1. The van der Waals surface area contributed by atoms with E-state index in [1.54, 1.807) is 12.1 Å². The molecule has 0 saturated carbocycles. The van der Waals surface area contributed by atoms with Crippen molar-refractivity contribution in [2.45, 2.75) is 11.8 Å². The first-order valence-electron chi connectivity index (χ1n) is 9.48. The zero-order chi connectivity index (χ0) is 23.1. The van der Waals surface area contributed by atoms with Crippen LogP contribution in [0.3, 0.4) is 0 Å². The van der Waals surface area contributed by atoms with Gasteiger partial charge in [0.05, 0.1) is 16.9 Å². The number of nitrogens with one attached hydrogen (secondary N) is 1. The highest BCUT2D eigenvalue weighted by atomic mass is 19.4. The van der Waals surface area contributed by atoms with Crippen LogP contribution in [-0.4, -0.2) is 23.5 Å². The van der Waals surface area contributed by atoms with Gasteiger partial charge >= 0.3 is 6.18 Å².